The second kappa shape index (κ2) is 8.97. The fourth-order valence-corrected chi connectivity index (χ4v) is 3.45. The first-order valence-electron chi connectivity index (χ1n) is 8.16. The van der Waals surface area contributed by atoms with Crippen molar-refractivity contribution in [3.63, 3.8) is 0 Å². The summed E-state index contributed by atoms with van der Waals surface area (Å²) >= 11 is 0. The van der Waals surface area contributed by atoms with Crippen molar-refractivity contribution in [3.8, 4) is 5.75 Å². The van der Waals surface area contributed by atoms with E-state index in [-0.39, 0.29) is 28.9 Å². The minimum atomic E-state index is -3.69. The lowest BCUT2D eigenvalue weighted by molar-refractivity contribution is -0.136. The molecule has 0 aliphatic heterocycles. The molecule has 0 unspecified atom stereocenters. The van der Waals surface area contributed by atoms with Crippen LogP contribution in [-0.2, 0) is 24.3 Å². The maximum atomic E-state index is 12.3. The van der Waals surface area contributed by atoms with Crippen molar-refractivity contribution >= 4 is 27.5 Å². The highest BCUT2D eigenvalue weighted by Gasteiger charge is 2.28. The molecule has 144 valence electrons. The molecule has 0 atom stereocenters. The van der Waals surface area contributed by atoms with Crippen LogP contribution in [0.1, 0.15) is 19.3 Å². The molecule has 1 aromatic rings. The van der Waals surface area contributed by atoms with Gasteiger partial charge in [-0.05, 0) is 37.5 Å². The van der Waals surface area contributed by atoms with Crippen molar-refractivity contribution < 1.29 is 27.5 Å². The van der Waals surface area contributed by atoms with Gasteiger partial charge in [0.15, 0.2) is 0 Å². The van der Waals surface area contributed by atoms with Crippen LogP contribution in [-0.4, -0.2) is 53.6 Å². The Bertz CT molecular complexity index is 761. The summed E-state index contributed by atoms with van der Waals surface area (Å²) in [6, 6.07) is 4.02. The van der Waals surface area contributed by atoms with Gasteiger partial charge in [0.05, 0.1) is 17.7 Å². The van der Waals surface area contributed by atoms with Crippen LogP contribution in [0.5, 0.6) is 5.75 Å². The van der Waals surface area contributed by atoms with Crippen molar-refractivity contribution in [1.29, 1.82) is 0 Å². The Morgan fingerprint density at radius 2 is 1.92 bits per heavy atom. The molecule has 3 N–H and O–H groups in total. The number of carbonyl (C=O) groups excluding carboxylic acids is 2. The van der Waals surface area contributed by atoms with Crippen molar-refractivity contribution in [2.75, 3.05) is 32.7 Å². The number of benzene rings is 1. The molecule has 0 radical (unpaired) electrons. The van der Waals surface area contributed by atoms with Crippen LogP contribution in [0.4, 0.5) is 5.69 Å². The second-order valence-corrected chi connectivity index (χ2v) is 7.53. The monoisotopic (exact) mass is 385 g/mol. The second-order valence-electron chi connectivity index (χ2n) is 5.81. The van der Waals surface area contributed by atoms with Gasteiger partial charge in [-0.1, -0.05) is 0 Å². The summed E-state index contributed by atoms with van der Waals surface area (Å²) in [5, 5.41) is 4.84. The van der Waals surface area contributed by atoms with Gasteiger partial charge in [-0.25, -0.2) is 13.1 Å². The highest BCUT2D eigenvalue weighted by Crippen LogP contribution is 2.29. The normalized spacial score (nSPS) is 13.9. The van der Waals surface area contributed by atoms with Crippen molar-refractivity contribution in [3.05, 3.63) is 18.2 Å². The van der Waals surface area contributed by atoms with Gasteiger partial charge in [0.1, 0.15) is 5.75 Å². The molecule has 1 aliphatic rings. The number of hydrogen-bond acceptors (Lipinski definition) is 6. The fourth-order valence-electron chi connectivity index (χ4n) is 2.12. The van der Waals surface area contributed by atoms with Gasteiger partial charge in [0.2, 0.25) is 10.0 Å². The van der Waals surface area contributed by atoms with Gasteiger partial charge in [0.25, 0.3) is 0 Å². The van der Waals surface area contributed by atoms with E-state index in [0.717, 1.165) is 12.8 Å². The third-order valence-electron chi connectivity index (χ3n) is 3.65. The summed E-state index contributed by atoms with van der Waals surface area (Å²) in [6.07, 6.45) is 2.18. The van der Waals surface area contributed by atoms with Gasteiger partial charge < -0.3 is 20.1 Å². The van der Waals surface area contributed by atoms with Crippen LogP contribution in [0.3, 0.4) is 0 Å². The zero-order chi connectivity index (χ0) is 19.2. The van der Waals surface area contributed by atoms with E-state index < -0.39 is 21.8 Å². The molecule has 1 aromatic carbocycles. The van der Waals surface area contributed by atoms with Crippen LogP contribution in [0, 0.1) is 0 Å². The summed E-state index contributed by atoms with van der Waals surface area (Å²) in [5.74, 6) is -1.49. The fraction of sp³-hybridized carbons (Fsp3) is 0.500. The van der Waals surface area contributed by atoms with Gasteiger partial charge in [-0.15, -0.1) is 0 Å². The lowest BCUT2D eigenvalue weighted by atomic mass is 10.3. The molecule has 0 spiro atoms. The molecule has 2 amide bonds. The van der Waals surface area contributed by atoms with Gasteiger partial charge in [-0.3, -0.25) is 9.59 Å². The van der Waals surface area contributed by atoms with E-state index in [9.17, 15) is 18.0 Å². The molecular formula is C16H23N3O6S. The van der Waals surface area contributed by atoms with E-state index >= 15 is 0 Å². The number of hydrogen-bond donors (Lipinski definition) is 3. The number of amides is 2. The number of methoxy groups -OCH3 is 2. The highest BCUT2D eigenvalue weighted by molar-refractivity contribution is 7.89. The first-order chi connectivity index (χ1) is 12.4. The van der Waals surface area contributed by atoms with Gasteiger partial charge in [0, 0.05) is 26.3 Å². The molecule has 1 fully saturated rings. The highest BCUT2D eigenvalue weighted by atomic mass is 32.2. The van der Waals surface area contributed by atoms with Gasteiger partial charge >= 0.3 is 11.8 Å². The first-order valence-corrected chi connectivity index (χ1v) is 9.64. The quantitative estimate of drug-likeness (QED) is 0.413. The van der Waals surface area contributed by atoms with E-state index in [2.05, 4.69) is 15.4 Å². The SMILES string of the molecule is COCCCNC(=O)C(=O)Nc1cc(S(=O)(=O)NC2CC2)ccc1OC. The number of rotatable bonds is 9. The van der Waals surface area contributed by atoms with Crippen LogP contribution in [0.25, 0.3) is 0 Å². The van der Waals surface area contributed by atoms with Crippen molar-refractivity contribution in [2.24, 2.45) is 0 Å². The molecule has 10 heteroatoms. The topological polar surface area (TPSA) is 123 Å². The Labute approximate surface area is 152 Å². The smallest absolute Gasteiger partial charge is 0.313 e. The molecule has 1 saturated carbocycles. The standard InChI is InChI=1S/C16H23N3O6S/c1-24-9-3-8-17-15(20)16(21)18-13-10-12(6-7-14(13)25-2)26(22,23)19-11-4-5-11/h6-7,10-11,19H,3-5,8-9H2,1-2H3,(H,17,20)(H,18,21). The number of sulfonamides is 1. The number of anilines is 1. The lowest BCUT2D eigenvalue weighted by Gasteiger charge is -2.13. The Morgan fingerprint density at radius 1 is 1.19 bits per heavy atom. The van der Waals surface area contributed by atoms with Crippen LogP contribution in [0.2, 0.25) is 0 Å². The third-order valence-corrected chi connectivity index (χ3v) is 5.16. The molecule has 26 heavy (non-hydrogen) atoms. The Morgan fingerprint density at radius 3 is 2.54 bits per heavy atom. The van der Waals surface area contributed by atoms with Crippen LogP contribution in [0.15, 0.2) is 23.1 Å². The molecule has 9 nitrogen and oxygen atoms in total. The number of nitrogens with one attached hydrogen (secondary N) is 3. The molecule has 0 saturated heterocycles. The first kappa shape index (κ1) is 20.1. The maximum absolute atomic E-state index is 12.3. The summed E-state index contributed by atoms with van der Waals surface area (Å²) in [6.45, 7) is 0.751. The lowest BCUT2D eigenvalue weighted by Crippen LogP contribution is -2.36. The van der Waals surface area contributed by atoms with E-state index in [1.807, 2.05) is 0 Å². The minimum absolute atomic E-state index is 0.0130. The zero-order valence-corrected chi connectivity index (χ0v) is 15.5. The van der Waals surface area contributed by atoms with Crippen molar-refractivity contribution in [2.45, 2.75) is 30.2 Å². The van der Waals surface area contributed by atoms with E-state index in [0.29, 0.717) is 13.0 Å². The Balaban J connectivity index is 2.07. The van der Waals surface area contributed by atoms with E-state index in [1.165, 1.54) is 25.3 Å². The number of carbonyl (C=O) groups is 2. The molecule has 0 bridgehead atoms. The molecule has 2 rings (SSSR count). The minimum Gasteiger partial charge on any atom is -0.495 e. The Kier molecular flexibility index (Phi) is 6.95. The predicted octanol–water partition coefficient (Wildman–Crippen LogP) is 0.227. The average Bonchev–Trinajstić information content (AvgIpc) is 3.41. The van der Waals surface area contributed by atoms with E-state index in [1.54, 1.807) is 7.11 Å². The van der Waals surface area contributed by atoms with Crippen LogP contribution < -0.4 is 20.1 Å². The summed E-state index contributed by atoms with van der Waals surface area (Å²) in [7, 11) is -0.769. The summed E-state index contributed by atoms with van der Waals surface area (Å²) in [5.41, 5.74) is 0.100. The van der Waals surface area contributed by atoms with Gasteiger partial charge in [-0.2, -0.15) is 0 Å². The summed E-state index contributed by atoms with van der Waals surface area (Å²) < 4.78 is 37.1. The molecule has 0 heterocycles. The predicted molar refractivity (Wildman–Crippen MR) is 94.5 cm³/mol. The number of ether oxygens (including phenoxy) is 2. The third kappa shape index (κ3) is 5.68. The maximum Gasteiger partial charge on any atom is 0.313 e. The van der Waals surface area contributed by atoms with Crippen LogP contribution >= 0.6 is 0 Å². The van der Waals surface area contributed by atoms with E-state index in [4.69, 9.17) is 9.47 Å². The average molecular weight is 385 g/mol. The zero-order valence-electron chi connectivity index (χ0n) is 14.7. The summed E-state index contributed by atoms with van der Waals surface area (Å²) in [4.78, 5) is 23.8. The molecule has 0 aromatic heterocycles. The largest absolute Gasteiger partial charge is 0.495 e. The Hall–Kier alpha value is -2.17. The molecule has 1 aliphatic carbocycles. The molecular weight excluding hydrogens is 362 g/mol. The van der Waals surface area contributed by atoms with Crippen molar-refractivity contribution in [1.82, 2.24) is 10.0 Å².